The molecule has 33 heavy (non-hydrogen) atoms. The summed E-state index contributed by atoms with van der Waals surface area (Å²) in [6, 6.07) is 20.5. The van der Waals surface area contributed by atoms with E-state index in [1.54, 1.807) is 41.8 Å². The molecule has 2 aromatic heterocycles. The Hall–Kier alpha value is -4.66. The number of rotatable bonds is 5. The van der Waals surface area contributed by atoms with Gasteiger partial charge in [0, 0.05) is 17.7 Å². The molecule has 5 aromatic rings. The number of imidazole rings is 1. The molecule has 0 amide bonds. The third-order valence-electron chi connectivity index (χ3n) is 5.10. The molecule has 5 rings (SSSR count). The molecule has 0 spiro atoms. The fourth-order valence-electron chi connectivity index (χ4n) is 3.64. The van der Waals surface area contributed by atoms with E-state index < -0.39 is 10.9 Å². The number of nitro benzene ring substituents is 1. The van der Waals surface area contributed by atoms with E-state index in [9.17, 15) is 14.9 Å². The normalized spacial score (nSPS) is 11.1. The van der Waals surface area contributed by atoms with Gasteiger partial charge in [-0.15, -0.1) is 0 Å². The van der Waals surface area contributed by atoms with Crippen molar-refractivity contribution >= 4 is 34.0 Å². The maximum Gasteiger partial charge on any atom is 0.338 e. The highest BCUT2D eigenvalue weighted by molar-refractivity contribution is 5.91. The quantitative estimate of drug-likeness (QED) is 0.221. The number of ether oxygens (including phenoxy) is 1. The van der Waals surface area contributed by atoms with Crippen molar-refractivity contribution in [2.24, 2.45) is 0 Å². The molecule has 0 saturated heterocycles. The van der Waals surface area contributed by atoms with E-state index in [0.717, 1.165) is 0 Å². The molecule has 0 saturated carbocycles. The second kappa shape index (κ2) is 8.12. The molecule has 0 N–H and O–H groups in total. The summed E-state index contributed by atoms with van der Waals surface area (Å²) in [6.07, 6.45) is 0. The Morgan fingerprint density at radius 2 is 1.73 bits per heavy atom. The van der Waals surface area contributed by atoms with Crippen LogP contribution in [0.2, 0.25) is 0 Å². The molecule has 9 heteroatoms. The monoisotopic (exact) mass is 439 g/mol. The minimum atomic E-state index is -0.456. The first-order chi connectivity index (χ1) is 16.0. The van der Waals surface area contributed by atoms with Crippen molar-refractivity contribution in [3.05, 3.63) is 88.5 Å². The second-order valence-corrected chi connectivity index (χ2v) is 7.21. The van der Waals surface area contributed by atoms with Gasteiger partial charge < -0.3 is 4.74 Å². The van der Waals surface area contributed by atoms with Crippen LogP contribution >= 0.6 is 0 Å². The largest absolute Gasteiger partial charge is 0.462 e. The molecule has 2 heterocycles. The van der Waals surface area contributed by atoms with Gasteiger partial charge >= 0.3 is 5.97 Å². The Balaban J connectivity index is 1.80. The van der Waals surface area contributed by atoms with Gasteiger partial charge in [-0.3, -0.25) is 14.7 Å². The number of nitro groups is 1. The first kappa shape index (κ1) is 20.3. The first-order valence-electron chi connectivity index (χ1n) is 10.2. The van der Waals surface area contributed by atoms with Crippen LogP contribution in [0.4, 0.5) is 5.69 Å². The van der Waals surface area contributed by atoms with Gasteiger partial charge in [0.25, 0.3) is 5.69 Å². The number of carbonyl (C=O) groups is 1. The van der Waals surface area contributed by atoms with Crippen LogP contribution in [0.15, 0.2) is 72.8 Å². The molecule has 0 aliphatic carbocycles. The van der Waals surface area contributed by atoms with Gasteiger partial charge in [-0.2, -0.15) is 0 Å². The van der Waals surface area contributed by atoms with Crippen LogP contribution in [-0.2, 0) is 4.74 Å². The number of aromatic nitrogens is 4. The summed E-state index contributed by atoms with van der Waals surface area (Å²) in [6.45, 7) is 2.00. The fraction of sp³-hybridized carbons (Fsp3) is 0.0833. The van der Waals surface area contributed by atoms with Crippen LogP contribution in [0, 0.1) is 10.1 Å². The maximum absolute atomic E-state index is 12.3. The average molecular weight is 439 g/mol. The van der Waals surface area contributed by atoms with Crippen molar-refractivity contribution in [3.63, 3.8) is 0 Å². The number of non-ortho nitro benzene ring substituents is 1. The number of hydrogen-bond donors (Lipinski definition) is 0. The topological polar surface area (TPSA) is 113 Å². The number of fused-ring (bicyclic) bond motifs is 2. The molecular formula is C24H17N5O4. The van der Waals surface area contributed by atoms with Crippen molar-refractivity contribution in [3.8, 4) is 17.1 Å². The molecule has 0 unspecified atom stereocenters. The van der Waals surface area contributed by atoms with E-state index in [-0.39, 0.29) is 12.3 Å². The highest BCUT2D eigenvalue weighted by Gasteiger charge is 2.20. The fourth-order valence-corrected chi connectivity index (χ4v) is 3.64. The van der Waals surface area contributed by atoms with Crippen LogP contribution in [-0.4, -0.2) is 37.0 Å². The molecule has 0 aliphatic heterocycles. The van der Waals surface area contributed by atoms with Crippen LogP contribution in [0.5, 0.6) is 0 Å². The smallest absolute Gasteiger partial charge is 0.338 e. The van der Waals surface area contributed by atoms with Gasteiger partial charge in [-0.1, -0.05) is 30.3 Å². The molecule has 0 aliphatic rings. The van der Waals surface area contributed by atoms with Gasteiger partial charge in [0.1, 0.15) is 5.82 Å². The minimum absolute atomic E-state index is 0.0579. The van der Waals surface area contributed by atoms with Gasteiger partial charge in [0.15, 0.2) is 11.3 Å². The number of hydrogen-bond acceptors (Lipinski definition) is 7. The van der Waals surface area contributed by atoms with E-state index in [4.69, 9.17) is 9.72 Å². The predicted octanol–water partition coefficient (Wildman–Crippen LogP) is 4.72. The zero-order valence-corrected chi connectivity index (χ0v) is 17.5. The molecule has 162 valence electrons. The summed E-state index contributed by atoms with van der Waals surface area (Å²) < 4.78 is 6.88. The summed E-state index contributed by atoms with van der Waals surface area (Å²) in [5.74, 6) is -0.0257. The highest BCUT2D eigenvalue weighted by Crippen LogP contribution is 2.30. The van der Waals surface area contributed by atoms with Crippen molar-refractivity contribution in [2.75, 3.05) is 6.61 Å². The summed E-state index contributed by atoms with van der Waals surface area (Å²) in [5.41, 5.74) is 3.66. The van der Waals surface area contributed by atoms with E-state index >= 15 is 0 Å². The minimum Gasteiger partial charge on any atom is -0.462 e. The number of benzene rings is 3. The summed E-state index contributed by atoms with van der Waals surface area (Å²) in [5, 5.41) is 11.4. The third kappa shape index (κ3) is 3.65. The first-order valence-corrected chi connectivity index (χ1v) is 10.2. The molecule has 0 radical (unpaired) electrons. The Morgan fingerprint density at radius 1 is 0.970 bits per heavy atom. The van der Waals surface area contributed by atoms with Crippen molar-refractivity contribution < 1.29 is 14.5 Å². The number of carbonyl (C=O) groups excluding carboxylic acids is 1. The zero-order chi connectivity index (χ0) is 22.9. The molecule has 3 aromatic carbocycles. The lowest BCUT2D eigenvalue weighted by atomic mass is 10.1. The average Bonchev–Trinajstić information content (AvgIpc) is 3.21. The van der Waals surface area contributed by atoms with E-state index in [0.29, 0.717) is 45.0 Å². The van der Waals surface area contributed by atoms with Crippen LogP contribution in [0.1, 0.15) is 17.3 Å². The Labute approximate surface area is 187 Å². The van der Waals surface area contributed by atoms with E-state index in [2.05, 4.69) is 9.97 Å². The van der Waals surface area contributed by atoms with Crippen LogP contribution < -0.4 is 0 Å². The predicted molar refractivity (Wildman–Crippen MR) is 122 cm³/mol. The van der Waals surface area contributed by atoms with Crippen molar-refractivity contribution in [1.82, 2.24) is 19.5 Å². The third-order valence-corrected chi connectivity index (χ3v) is 5.10. The molecule has 9 nitrogen and oxygen atoms in total. The lowest BCUT2D eigenvalue weighted by Gasteiger charge is -2.10. The molecular weight excluding hydrogens is 422 g/mol. The zero-order valence-electron chi connectivity index (χ0n) is 17.5. The van der Waals surface area contributed by atoms with Gasteiger partial charge in [0.2, 0.25) is 0 Å². The Morgan fingerprint density at radius 3 is 2.48 bits per heavy atom. The molecule has 0 fully saturated rings. The Kier molecular flexibility index (Phi) is 4.98. The van der Waals surface area contributed by atoms with E-state index in [1.807, 2.05) is 30.3 Å². The highest BCUT2D eigenvalue weighted by atomic mass is 16.6. The summed E-state index contributed by atoms with van der Waals surface area (Å²) >= 11 is 0. The van der Waals surface area contributed by atoms with Crippen molar-refractivity contribution in [2.45, 2.75) is 6.92 Å². The van der Waals surface area contributed by atoms with Gasteiger partial charge in [-0.25, -0.2) is 19.7 Å². The maximum atomic E-state index is 12.3. The second-order valence-electron chi connectivity index (χ2n) is 7.21. The SMILES string of the molecule is CCOC(=O)c1cccc(-n2c(-c3cccc([N+](=O)[O-])c3)nc3nc4ccccc4nc32)c1. The lowest BCUT2D eigenvalue weighted by Crippen LogP contribution is -2.06. The standard InChI is InChI=1S/C24H17N5O4/c1-2-33-24(30)16-8-6-9-17(14-16)28-22(15-7-5-10-18(13-15)29(31)32)27-21-23(28)26-20-12-4-3-11-19(20)25-21/h3-14H,2H2,1H3. The van der Waals surface area contributed by atoms with Crippen LogP contribution in [0.3, 0.4) is 0 Å². The summed E-state index contributed by atoms with van der Waals surface area (Å²) in [4.78, 5) is 37.3. The lowest BCUT2D eigenvalue weighted by molar-refractivity contribution is -0.384. The number of nitrogens with zero attached hydrogens (tertiary/aromatic N) is 5. The van der Waals surface area contributed by atoms with Crippen LogP contribution in [0.25, 0.3) is 39.4 Å². The molecule has 0 atom stereocenters. The number of para-hydroxylation sites is 2. The van der Waals surface area contributed by atoms with Crippen molar-refractivity contribution in [1.29, 1.82) is 0 Å². The van der Waals surface area contributed by atoms with Gasteiger partial charge in [0.05, 0.1) is 33.8 Å². The van der Waals surface area contributed by atoms with Gasteiger partial charge in [-0.05, 0) is 37.3 Å². The molecule has 0 bridgehead atoms. The number of esters is 1. The summed E-state index contributed by atoms with van der Waals surface area (Å²) in [7, 11) is 0. The van der Waals surface area contributed by atoms with E-state index in [1.165, 1.54) is 12.1 Å². The Bertz CT molecular complexity index is 1540.